The van der Waals surface area contributed by atoms with Crippen LogP contribution in [0, 0.1) is 5.92 Å². The fourth-order valence-electron chi connectivity index (χ4n) is 2.93. The Kier molecular flexibility index (Phi) is 4.23. The van der Waals surface area contributed by atoms with Crippen LogP contribution in [0.25, 0.3) is 0 Å². The van der Waals surface area contributed by atoms with Crippen molar-refractivity contribution >= 4 is 5.82 Å². The maximum absolute atomic E-state index is 9.65. The molecule has 1 fully saturated rings. The van der Waals surface area contributed by atoms with Gasteiger partial charge in [-0.05, 0) is 43.4 Å². The zero-order valence-electron chi connectivity index (χ0n) is 11.6. The molecule has 0 amide bonds. The Morgan fingerprint density at radius 1 is 1.39 bits per heavy atom. The lowest BCUT2D eigenvalue weighted by atomic mass is 9.85. The minimum absolute atomic E-state index is 0.427. The first-order chi connectivity index (χ1) is 8.59. The third kappa shape index (κ3) is 2.83. The topological polar surface area (TPSA) is 36.4 Å². The second-order valence-electron chi connectivity index (χ2n) is 5.56. The summed E-state index contributed by atoms with van der Waals surface area (Å²) in [5, 5.41) is 9.65. The number of rotatable bonds is 3. The number of pyridine rings is 1. The van der Waals surface area contributed by atoms with Crippen molar-refractivity contribution in [3.63, 3.8) is 0 Å². The van der Waals surface area contributed by atoms with E-state index in [9.17, 15) is 5.11 Å². The molecule has 1 aliphatic rings. The van der Waals surface area contributed by atoms with Crippen LogP contribution in [0.2, 0.25) is 0 Å². The Balaban J connectivity index is 2.16. The van der Waals surface area contributed by atoms with Gasteiger partial charge in [0.05, 0.1) is 6.10 Å². The van der Waals surface area contributed by atoms with E-state index in [-0.39, 0.29) is 0 Å². The van der Waals surface area contributed by atoms with E-state index in [1.807, 2.05) is 12.1 Å². The van der Waals surface area contributed by atoms with Crippen LogP contribution in [0.5, 0.6) is 0 Å². The lowest BCUT2D eigenvalue weighted by Crippen LogP contribution is -2.39. The molecule has 1 aliphatic carbocycles. The minimum Gasteiger partial charge on any atom is -0.389 e. The van der Waals surface area contributed by atoms with Gasteiger partial charge in [-0.2, -0.15) is 0 Å². The van der Waals surface area contributed by atoms with Gasteiger partial charge in [-0.15, -0.1) is 0 Å². The molecule has 0 aliphatic heterocycles. The third-order valence-electron chi connectivity index (χ3n) is 4.18. The van der Waals surface area contributed by atoms with Gasteiger partial charge in [0.25, 0.3) is 0 Å². The molecule has 1 aromatic heterocycles. The first kappa shape index (κ1) is 13.3. The van der Waals surface area contributed by atoms with E-state index in [0.29, 0.717) is 6.04 Å². The average Bonchev–Trinajstić information content (AvgIpc) is 2.38. The molecule has 100 valence electrons. The van der Waals surface area contributed by atoms with Crippen LogP contribution in [0.4, 0.5) is 5.82 Å². The van der Waals surface area contributed by atoms with Crippen LogP contribution in [-0.4, -0.2) is 23.2 Å². The number of hydrogen-bond acceptors (Lipinski definition) is 3. The number of aromatic nitrogens is 1. The van der Waals surface area contributed by atoms with Gasteiger partial charge in [0.15, 0.2) is 0 Å². The van der Waals surface area contributed by atoms with E-state index in [0.717, 1.165) is 17.3 Å². The van der Waals surface area contributed by atoms with E-state index in [1.54, 1.807) is 13.1 Å². The summed E-state index contributed by atoms with van der Waals surface area (Å²) in [4.78, 5) is 6.73. The maximum Gasteiger partial charge on any atom is 0.128 e. The molecule has 0 bridgehead atoms. The monoisotopic (exact) mass is 248 g/mol. The minimum atomic E-state index is -0.427. The van der Waals surface area contributed by atoms with Gasteiger partial charge in [0.2, 0.25) is 0 Å². The Morgan fingerprint density at radius 3 is 2.78 bits per heavy atom. The number of anilines is 1. The third-order valence-corrected chi connectivity index (χ3v) is 4.18. The van der Waals surface area contributed by atoms with Crippen LogP contribution < -0.4 is 4.90 Å². The molecule has 3 nitrogen and oxygen atoms in total. The maximum atomic E-state index is 9.65. The molecule has 3 atom stereocenters. The normalized spacial score (nSPS) is 25.8. The van der Waals surface area contributed by atoms with Crippen LogP contribution in [0.1, 0.15) is 51.2 Å². The second kappa shape index (κ2) is 5.70. The molecule has 3 heteroatoms. The van der Waals surface area contributed by atoms with Crippen molar-refractivity contribution in [1.82, 2.24) is 4.98 Å². The molecule has 0 spiro atoms. The van der Waals surface area contributed by atoms with Crippen molar-refractivity contribution in [2.24, 2.45) is 5.92 Å². The van der Waals surface area contributed by atoms with Gasteiger partial charge in [0, 0.05) is 19.3 Å². The second-order valence-corrected chi connectivity index (χ2v) is 5.56. The summed E-state index contributed by atoms with van der Waals surface area (Å²) in [5.74, 6) is 1.70. The Bertz CT molecular complexity index is 392. The average molecular weight is 248 g/mol. The molecular weight excluding hydrogens is 224 g/mol. The van der Waals surface area contributed by atoms with Crippen LogP contribution >= 0.6 is 0 Å². The standard InChI is InChI=1S/C15H24N2O/c1-11-6-4-5-7-14(11)17(3)15-10-13(12(2)18)8-9-16-15/h8-12,14,18H,4-7H2,1-3H3. The predicted octanol–water partition coefficient (Wildman–Crippen LogP) is 3.15. The molecular formula is C15H24N2O. The van der Waals surface area contributed by atoms with Crippen molar-refractivity contribution in [3.05, 3.63) is 23.9 Å². The predicted molar refractivity (Wildman–Crippen MR) is 74.7 cm³/mol. The van der Waals surface area contributed by atoms with E-state index in [2.05, 4.69) is 23.9 Å². The lowest BCUT2D eigenvalue weighted by molar-refractivity contribution is 0.199. The highest BCUT2D eigenvalue weighted by molar-refractivity contribution is 5.42. The highest BCUT2D eigenvalue weighted by Gasteiger charge is 2.25. The first-order valence-corrected chi connectivity index (χ1v) is 6.96. The zero-order valence-corrected chi connectivity index (χ0v) is 11.6. The summed E-state index contributed by atoms with van der Waals surface area (Å²) in [6.45, 7) is 4.13. The van der Waals surface area contributed by atoms with Gasteiger partial charge < -0.3 is 10.0 Å². The van der Waals surface area contributed by atoms with Crippen molar-refractivity contribution < 1.29 is 5.11 Å². The fourth-order valence-corrected chi connectivity index (χ4v) is 2.93. The fraction of sp³-hybridized carbons (Fsp3) is 0.667. The van der Waals surface area contributed by atoms with E-state index in [1.165, 1.54) is 25.7 Å². The van der Waals surface area contributed by atoms with Crippen LogP contribution in [0.3, 0.4) is 0 Å². The van der Waals surface area contributed by atoms with Gasteiger partial charge in [-0.1, -0.05) is 19.8 Å². The Hall–Kier alpha value is -1.09. The summed E-state index contributed by atoms with van der Waals surface area (Å²) in [6, 6.07) is 4.47. The largest absolute Gasteiger partial charge is 0.389 e. The number of nitrogens with zero attached hydrogens (tertiary/aromatic N) is 2. The quantitative estimate of drug-likeness (QED) is 0.892. The molecule has 0 aromatic carbocycles. The molecule has 1 N–H and O–H groups in total. The summed E-state index contributed by atoms with van der Waals surface area (Å²) in [6.07, 6.45) is 6.59. The number of aliphatic hydroxyl groups is 1. The molecule has 0 radical (unpaired) electrons. The van der Waals surface area contributed by atoms with Gasteiger partial charge in [0.1, 0.15) is 5.82 Å². The molecule has 18 heavy (non-hydrogen) atoms. The highest BCUT2D eigenvalue weighted by Crippen LogP contribution is 2.30. The summed E-state index contributed by atoms with van der Waals surface area (Å²) in [5.41, 5.74) is 0.940. The van der Waals surface area contributed by atoms with Crippen LogP contribution in [-0.2, 0) is 0 Å². The summed E-state index contributed by atoms with van der Waals surface area (Å²) in [7, 11) is 2.13. The zero-order chi connectivity index (χ0) is 13.1. The smallest absolute Gasteiger partial charge is 0.128 e. The molecule has 1 heterocycles. The van der Waals surface area contributed by atoms with E-state index >= 15 is 0 Å². The summed E-state index contributed by atoms with van der Waals surface area (Å²) < 4.78 is 0. The van der Waals surface area contributed by atoms with Crippen molar-refractivity contribution in [2.45, 2.75) is 51.7 Å². The lowest BCUT2D eigenvalue weighted by Gasteiger charge is -2.37. The van der Waals surface area contributed by atoms with Crippen molar-refractivity contribution in [1.29, 1.82) is 0 Å². The molecule has 1 aromatic rings. The summed E-state index contributed by atoms with van der Waals surface area (Å²) >= 11 is 0. The van der Waals surface area contributed by atoms with Crippen molar-refractivity contribution in [2.75, 3.05) is 11.9 Å². The van der Waals surface area contributed by atoms with Gasteiger partial charge in [-0.3, -0.25) is 0 Å². The Morgan fingerprint density at radius 2 is 2.11 bits per heavy atom. The van der Waals surface area contributed by atoms with Crippen LogP contribution in [0.15, 0.2) is 18.3 Å². The van der Waals surface area contributed by atoms with Gasteiger partial charge >= 0.3 is 0 Å². The first-order valence-electron chi connectivity index (χ1n) is 6.96. The SMILES string of the molecule is CC(O)c1ccnc(N(C)C2CCCCC2C)c1. The van der Waals surface area contributed by atoms with Gasteiger partial charge in [-0.25, -0.2) is 4.98 Å². The molecule has 2 rings (SSSR count). The highest BCUT2D eigenvalue weighted by atomic mass is 16.3. The number of aliphatic hydroxyl groups excluding tert-OH is 1. The Labute approximate surface area is 110 Å². The number of hydrogen-bond donors (Lipinski definition) is 1. The van der Waals surface area contributed by atoms with E-state index in [4.69, 9.17) is 0 Å². The van der Waals surface area contributed by atoms with Crippen molar-refractivity contribution in [3.8, 4) is 0 Å². The molecule has 0 saturated heterocycles. The molecule has 3 unspecified atom stereocenters. The van der Waals surface area contributed by atoms with E-state index < -0.39 is 6.10 Å². The molecule has 1 saturated carbocycles.